The van der Waals surface area contributed by atoms with E-state index in [1.54, 1.807) is 0 Å². The molecule has 0 heterocycles. The SMILES string of the molecule is CS(=O)(=O)NCCNC(c1ccccc1)c1ccccc1. The number of hydrogen-bond acceptors (Lipinski definition) is 3. The maximum atomic E-state index is 11.1. The Labute approximate surface area is 126 Å². The van der Waals surface area contributed by atoms with Gasteiger partial charge in [-0.25, -0.2) is 13.1 Å². The highest BCUT2D eigenvalue weighted by atomic mass is 32.2. The zero-order chi connectivity index (χ0) is 15.1. The topological polar surface area (TPSA) is 58.2 Å². The summed E-state index contributed by atoms with van der Waals surface area (Å²) in [6, 6.07) is 20.3. The molecule has 0 aromatic heterocycles. The minimum absolute atomic E-state index is 0.0498. The predicted octanol–water partition coefficient (Wildman–Crippen LogP) is 1.91. The fourth-order valence-corrected chi connectivity index (χ4v) is 2.64. The minimum Gasteiger partial charge on any atom is -0.305 e. The van der Waals surface area contributed by atoms with Crippen molar-refractivity contribution in [3.8, 4) is 0 Å². The van der Waals surface area contributed by atoms with Crippen LogP contribution in [0.1, 0.15) is 17.2 Å². The molecule has 0 spiro atoms. The van der Waals surface area contributed by atoms with E-state index >= 15 is 0 Å². The van der Waals surface area contributed by atoms with Crippen LogP contribution in [-0.4, -0.2) is 27.8 Å². The standard InChI is InChI=1S/C16H20N2O2S/c1-21(19,20)18-13-12-17-16(14-8-4-2-5-9-14)15-10-6-3-7-11-15/h2-11,16-18H,12-13H2,1H3. The predicted molar refractivity (Wildman–Crippen MR) is 85.6 cm³/mol. The van der Waals surface area contributed by atoms with Crippen molar-refractivity contribution in [3.05, 3.63) is 71.8 Å². The summed E-state index contributed by atoms with van der Waals surface area (Å²) in [5.41, 5.74) is 2.31. The molecule has 0 aliphatic carbocycles. The van der Waals surface area contributed by atoms with Gasteiger partial charge in [0.1, 0.15) is 0 Å². The zero-order valence-corrected chi connectivity index (χ0v) is 12.8. The summed E-state index contributed by atoms with van der Waals surface area (Å²) in [6.07, 6.45) is 1.17. The highest BCUT2D eigenvalue weighted by Gasteiger charge is 2.12. The maximum Gasteiger partial charge on any atom is 0.208 e. The molecular weight excluding hydrogens is 284 g/mol. The van der Waals surface area contributed by atoms with Crippen LogP contribution < -0.4 is 10.0 Å². The first-order valence-electron chi connectivity index (χ1n) is 6.84. The van der Waals surface area contributed by atoms with Gasteiger partial charge in [0.25, 0.3) is 0 Å². The van der Waals surface area contributed by atoms with E-state index in [-0.39, 0.29) is 6.04 Å². The molecule has 5 heteroatoms. The second-order valence-electron chi connectivity index (χ2n) is 4.88. The Balaban J connectivity index is 2.07. The first-order chi connectivity index (χ1) is 10.1. The van der Waals surface area contributed by atoms with Crippen molar-refractivity contribution < 1.29 is 8.42 Å². The molecule has 0 saturated carbocycles. The molecule has 0 aliphatic rings. The van der Waals surface area contributed by atoms with Crippen molar-refractivity contribution >= 4 is 10.0 Å². The van der Waals surface area contributed by atoms with Gasteiger partial charge < -0.3 is 5.32 Å². The van der Waals surface area contributed by atoms with Gasteiger partial charge in [0.05, 0.1) is 12.3 Å². The second kappa shape index (κ2) is 7.36. The Hall–Kier alpha value is -1.69. The number of benzene rings is 2. The van der Waals surface area contributed by atoms with Gasteiger partial charge in [0, 0.05) is 13.1 Å². The van der Waals surface area contributed by atoms with Gasteiger partial charge in [-0.1, -0.05) is 60.7 Å². The molecule has 2 rings (SSSR count). The summed E-state index contributed by atoms with van der Waals surface area (Å²) >= 11 is 0. The fourth-order valence-electron chi connectivity index (χ4n) is 2.17. The van der Waals surface area contributed by atoms with E-state index in [2.05, 4.69) is 34.3 Å². The summed E-state index contributed by atoms with van der Waals surface area (Å²) in [5, 5.41) is 3.40. The highest BCUT2D eigenvalue weighted by Crippen LogP contribution is 2.21. The molecule has 2 N–H and O–H groups in total. The number of rotatable bonds is 7. The van der Waals surface area contributed by atoms with Crippen LogP contribution in [-0.2, 0) is 10.0 Å². The molecular formula is C16H20N2O2S. The van der Waals surface area contributed by atoms with Crippen molar-refractivity contribution in [2.45, 2.75) is 6.04 Å². The Bertz CT molecular complexity index is 603. The van der Waals surface area contributed by atoms with Gasteiger partial charge in [-0.05, 0) is 11.1 Å². The van der Waals surface area contributed by atoms with Crippen LogP contribution in [0.5, 0.6) is 0 Å². The Morgan fingerprint density at radius 3 is 1.76 bits per heavy atom. The van der Waals surface area contributed by atoms with Crippen molar-refractivity contribution in [1.29, 1.82) is 0 Å². The van der Waals surface area contributed by atoms with Crippen molar-refractivity contribution in [2.24, 2.45) is 0 Å². The quantitative estimate of drug-likeness (QED) is 0.768. The molecule has 0 amide bonds. The first-order valence-corrected chi connectivity index (χ1v) is 8.73. The van der Waals surface area contributed by atoms with Crippen LogP contribution in [0.2, 0.25) is 0 Å². The molecule has 0 fully saturated rings. The molecule has 0 unspecified atom stereocenters. The number of hydrogen-bond donors (Lipinski definition) is 2. The third kappa shape index (κ3) is 5.30. The molecule has 2 aromatic carbocycles. The molecule has 0 atom stereocenters. The third-order valence-electron chi connectivity index (χ3n) is 3.10. The van der Waals surface area contributed by atoms with Gasteiger partial charge >= 0.3 is 0 Å². The summed E-state index contributed by atoms with van der Waals surface area (Å²) in [7, 11) is -3.14. The molecule has 0 radical (unpaired) electrons. The van der Waals surface area contributed by atoms with Crippen LogP contribution in [0.25, 0.3) is 0 Å². The van der Waals surface area contributed by atoms with Gasteiger partial charge in [0.15, 0.2) is 0 Å². The largest absolute Gasteiger partial charge is 0.305 e. The molecule has 21 heavy (non-hydrogen) atoms. The van der Waals surface area contributed by atoms with Crippen molar-refractivity contribution in [3.63, 3.8) is 0 Å². The van der Waals surface area contributed by atoms with E-state index in [0.717, 1.165) is 11.1 Å². The maximum absolute atomic E-state index is 11.1. The lowest BCUT2D eigenvalue weighted by Gasteiger charge is -2.20. The zero-order valence-electron chi connectivity index (χ0n) is 12.0. The monoisotopic (exact) mass is 304 g/mol. The molecule has 112 valence electrons. The Kier molecular flexibility index (Phi) is 5.50. The van der Waals surface area contributed by atoms with E-state index in [4.69, 9.17) is 0 Å². The fraction of sp³-hybridized carbons (Fsp3) is 0.250. The van der Waals surface area contributed by atoms with E-state index in [0.29, 0.717) is 13.1 Å². The van der Waals surface area contributed by atoms with Crippen LogP contribution in [0, 0.1) is 0 Å². The summed E-state index contributed by atoms with van der Waals surface area (Å²) in [4.78, 5) is 0. The lowest BCUT2D eigenvalue weighted by atomic mass is 9.99. The van der Waals surface area contributed by atoms with E-state index in [9.17, 15) is 8.42 Å². The van der Waals surface area contributed by atoms with Gasteiger partial charge in [-0.2, -0.15) is 0 Å². The van der Waals surface area contributed by atoms with Crippen molar-refractivity contribution in [2.75, 3.05) is 19.3 Å². The van der Waals surface area contributed by atoms with E-state index < -0.39 is 10.0 Å². The number of nitrogens with one attached hydrogen (secondary N) is 2. The normalized spacial score (nSPS) is 11.7. The van der Waals surface area contributed by atoms with Gasteiger partial charge in [0.2, 0.25) is 10.0 Å². The second-order valence-corrected chi connectivity index (χ2v) is 6.71. The van der Waals surface area contributed by atoms with Gasteiger partial charge in [-0.3, -0.25) is 0 Å². The molecule has 0 saturated heterocycles. The summed E-state index contributed by atoms with van der Waals surface area (Å²) < 4.78 is 24.6. The Morgan fingerprint density at radius 2 is 1.33 bits per heavy atom. The van der Waals surface area contributed by atoms with Crippen LogP contribution in [0.4, 0.5) is 0 Å². The molecule has 2 aromatic rings. The summed E-state index contributed by atoms with van der Waals surface area (Å²) in [5.74, 6) is 0. The van der Waals surface area contributed by atoms with Crippen molar-refractivity contribution in [1.82, 2.24) is 10.0 Å². The van der Waals surface area contributed by atoms with Gasteiger partial charge in [-0.15, -0.1) is 0 Å². The lowest BCUT2D eigenvalue weighted by Crippen LogP contribution is -2.33. The smallest absolute Gasteiger partial charge is 0.208 e. The number of sulfonamides is 1. The van der Waals surface area contributed by atoms with E-state index in [1.807, 2.05) is 36.4 Å². The first kappa shape index (κ1) is 15.7. The van der Waals surface area contributed by atoms with Crippen LogP contribution >= 0.6 is 0 Å². The third-order valence-corrected chi connectivity index (χ3v) is 3.83. The van der Waals surface area contributed by atoms with Crippen LogP contribution in [0.3, 0.4) is 0 Å². The summed E-state index contributed by atoms with van der Waals surface area (Å²) in [6.45, 7) is 0.927. The average molecular weight is 304 g/mol. The highest BCUT2D eigenvalue weighted by molar-refractivity contribution is 7.88. The molecule has 0 bridgehead atoms. The van der Waals surface area contributed by atoms with Crippen LogP contribution in [0.15, 0.2) is 60.7 Å². The lowest BCUT2D eigenvalue weighted by molar-refractivity contribution is 0.569. The Morgan fingerprint density at radius 1 is 0.857 bits per heavy atom. The minimum atomic E-state index is -3.14. The molecule has 4 nitrogen and oxygen atoms in total. The van der Waals surface area contributed by atoms with E-state index in [1.165, 1.54) is 6.26 Å². The molecule has 0 aliphatic heterocycles. The average Bonchev–Trinajstić information content (AvgIpc) is 2.48.